The van der Waals surface area contributed by atoms with Crippen molar-refractivity contribution in [2.75, 3.05) is 11.4 Å². The van der Waals surface area contributed by atoms with Crippen LogP contribution in [0.1, 0.15) is 26.4 Å². The summed E-state index contributed by atoms with van der Waals surface area (Å²) in [5, 5.41) is 1.88. The van der Waals surface area contributed by atoms with Crippen LogP contribution in [-0.2, 0) is 4.79 Å². The average molecular weight is 389 g/mol. The number of benzene rings is 2. The molecule has 0 spiro atoms. The Morgan fingerprint density at radius 3 is 2.54 bits per heavy atom. The average Bonchev–Trinajstić information content (AvgIpc) is 3.12. The minimum atomic E-state index is -1.07. The lowest BCUT2D eigenvalue weighted by atomic mass is 10.00. The molecule has 1 unspecified atom stereocenters. The maximum atomic E-state index is 13.0. The van der Waals surface area contributed by atoms with Crippen molar-refractivity contribution in [3.05, 3.63) is 87.6 Å². The number of thiophene rings is 1. The number of amides is 1. The maximum absolute atomic E-state index is 13.0. The molecule has 0 bridgehead atoms. The molecule has 2 heterocycles. The Hall–Kier alpha value is -3.09. The molecular weight excluding hydrogens is 370 g/mol. The molecule has 1 atom stereocenters. The molecule has 140 valence electrons. The van der Waals surface area contributed by atoms with Crippen LogP contribution in [0.2, 0.25) is 0 Å². The van der Waals surface area contributed by atoms with Crippen molar-refractivity contribution in [3.8, 4) is 0 Å². The van der Waals surface area contributed by atoms with Crippen molar-refractivity contribution in [1.82, 2.24) is 0 Å². The summed E-state index contributed by atoms with van der Waals surface area (Å²) in [6, 6.07) is 19.0. The molecule has 6 heteroatoms. The quantitative estimate of drug-likeness (QED) is 0.695. The third kappa shape index (κ3) is 3.28. The largest absolute Gasteiger partial charge is 0.302 e. The summed E-state index contributed by atoms with van der Waals surface area (Å²) in [7, 11) is 0. The van der Waals surface area contributed by atoms with Gasteiger partial charge in [0.05, 0.1) is 22.8 Å². The fourth-order valence-corrected chi connectivity index (χ4v) is 4.17. The minimum absolute atomic E-state index is 0.0670. The van der Waals surface area contributed by atoms with E-state index in [1.165, 1.54) is 16.2 Å². The number of ketones is 1. The molecule has 0 fully saturated rings. The first-order valence-electron chi connectivity index (χ1n) is 8.93. The molecule has 2 aromatic carbocycles. The smallest absolute Gasteiger partial charge is 0.266 e. The molecule has 28 heavy (non-hydrogen) atoms. The summed E-state index contributed by atoms with van der Waals surface area (Å²) >= 11 is 1.38. The summed E-state index contributed by atoms with van der Waals surface area (Å²) < 4.78 is 0. The summed E-state index contributed by atoms with van der Waals surface area (Å²) in [6.07, 6.45) is -1.07. The van der Waals surface area contributed by atoms with Crippen LogP contribution in [0.15, 0.2) is 71.0 Å². The van der Waals surface area contributed by atoms with Crippen LogP contribution in [0, 0.1) is 6.92 Å². The number of benzodiazepines with no additional fused rings is 1. The van der Waals surface area contributed by atoms with Gasteiger partial charge in [-0.1, -0.05) is 48.5 Å². The topological polar surface area (TPSA) is 75.8 Å². The third-order valence-electron chi connectivity index (χ3n) is 4.70. The van der Waals surface area contributed by atoms with E-state index in [2.05, 4.69) is 4.99 Å². The van der Waals surface area contributed by atoms with E-state index in [1.54, 1.807) is 0 Å². The summed E-state index contributed by atoms with van der Waals surface area (Å²) in [5.74, 6) is -0.494. The van der Waals surface area contributed by atoms with Gasteiger partial charge in [0.1, 0.15) is 0 Å². The Morgan fingerprint density at radius 1 is 1.11 bits per heavy atom. The number of rotatable bonds is 4. The molecule has 3 aromatic rings. The van der Waals surface area contributed by atoms with Crippen molar-refractivity contribution in [3.63, 3.8) is 0 Å². The Bertz CT molecular complexity index is 1070. The van der Waals surface area contributed by atoms with Crippen molar-refractivity contribution in [2.24, 2.45) is 10.7 Å². The van der Waals surface area contributed by atoms with E-state index in [0.717, 1.165) is 16.7 Å². The van der Waals surface area contributed by atoms with Crippen LogP contribution in [0.25, 0.3) is 0 Å². The number of carbonyl (C=O) groups excluding carboxylic acids is 2. The lowest BCUT2D eigenvalue weighted by molar-refractivity contribution is -0.119. The van der Waals surface area contributed by atoms with Crippen molar-refractivity contribution in [2.45, 2.75) is 13.1 Å². The monoisotopic (exact) mass is 389 g/mol. The van der Waals surface area contributed by atoms with E-state index in [4.69, 9.17) is 5.73 Å². The van der Waals surface area contributed by atoms with Gasteiger partial charge in [-0.15, -0.1) is 11.3 Å². The molecule has 1 amide bonds. The zero-order chi connectivity index (χ0) is 19.7. The summed E-state index contributed by atoms with van der Waals surface area (Å²) in [5.41, 5.74) is 9.98. The van der Waals surface area contributed by atoms with Gasteiger partial charge in [-0.2, -0.15) is 0 Å². The Kier molecular flexibility index (Phi) is 4.90. The van der Waals surface area contributed by atoms with Gasteiger partial charge in [-0.3, -0.25) is 14.6 Å². The molecular formula is C22H19N3O2S. The van der Waals surface area contributed by atoms with E-state index in [-0.39, 0.29) is 18.2 Å². The molecule has 4 rings (SSSR count). The number of Topliss-reactive ketones (excluding diaryl/α,β-unsaturated/α-hetero) is 1. The number of aryl methyl sites for hydroxylation is 1. The number of nitrogens with two attached hydrogens (primary N) is 1. The van der Waals surface area contributed by atoms with Crippen LogP contribution < -0.4 is 10.6 Å². The number of nitrogens with zero attached hydrogens (tertiary/aromatic N) is 2. The third-order valence-corrected chi connectivity index (χ3v) is 5.76. The summed E-state index contributed by atoms with van der Waals surface area (Å²) in [4.78, 5) is 32.5. The summed E-state index contributed by atoms with van der Waals surface area (Å²) in [6.45, 7) is 1.83. The normalized spacial score (nSPS) is 16.4. The SMILES string of the molecule is Cc1ccsc1C(=O)CN1C(=O)C(N)N=C(c2ccccc2)c2ccccc21. The van der Waals surface area contributed by atoms with E-state index in [9.17, 15) is 9.59 Å². The Labute approximate surface area is 167 Å². The maximum Gasteiger partial charge on any atom is 0.266 e. The molecule has 0 aliphatic carbocycles. The van der Waals surface area contributed by atoms with Crippen LogP contribution in [-0.4, -0.2) is 30.1 Å². The number of fused-ring (bicyclic) bond motifs is 1. The first-order chi connectivity index (χ1) is 13.6. The fourth-order valence-electron chi connectivity index (χ4n) is 3.31. The molecule has 1 aromatic heterocycles. The van der Waals surface area contributed by atoms with E-state index >= 15 is 0 Å². The molecule has 0 saturated heterocycles. The predicted molar refractivity (Wildman–Crippen MR) is 112 cm³/mol. The van der Waals surface area contributed by atoms with Gasteiger partial charge in [0.2, 0.25) is 0 Å². The fraction of sp³-hybridized carbons (Fsp3) is 0.136. The van der Waals surface area contributed by atoms with Crippen molar-refractivity contribution < 1.29 is 9.59 Å². The number of aliphatic imine (C=N–C) groups is 1. The van der Waals surface area contributed by atoms with Gasteiger partial charge in [-0.25, -0.2) is 0 Å². The van der Waals surface area contributed by atoms with Crippen LogP contribution in [0.5, 0.6) is 0 Å². The lowest BCUT2D eigenvalue weighted by Crippen LogP contribution is -2.44. The molecule has 1 aliphatic rings. The Balaban J connectivity index is 1.79. The van der Waals surface area contributed by atoms with Gasteiger partial charge < -0.3 is 10.6 Å². The molecule has 2 N–H and O–H groups in total. The number of anilines is 1. The van der Waals surface area contributed by atoms with Crippen LogP contribution >= 0.6 is 11.3 Å². The number of para-hydroxylation sites is 1. The first-order valence-corrected chi connectivity index (χ1v) is 9.81. The molecule has 0 saturated carbocycles. The van der Waals surface area contributed by atoms with E-state index < -0.39 is 6.17 Å². The minimum Gasteiger partial charge on any atom is -0.302 e. The van der Waals surface area contributed by atoms with Crippen LogP contribution in [0.3, 0.4) is 0 Å². The van der Waals surface area contributed by atoms with Crippen molar-refractivity contribution >= 4 is 34.4 Å². The lowest BCUT2D eigenvalue weighted by Gasteiger charge is -2.23. The number of hydrogen-bond acceptors (Lipinski definition) is 5. The van der Waals surface area contributed by atoms with E-state index in [1.807, 2.05) is 73.0 Å². The van der Waals surface area contributed by atoms with Crippen molar-refractivity contribution in [1.29, 1.82) is 0 Å². The standard InChI is InChI=1S/C22H19N3O2S/c1-14-11-12-28-20(14)18(26)13-25-17-10-6-5-9-16(17)19(24-21(23)22(25)27)15-7-3-2-4-8-15/h2-12,21H,13,23H2,1H3. The van der Waals surface area contributed by atoms with Crippen LogP contribution in [0.4, 0.5) is 5.69 Å². The number of carbonyl (C=O) groups is 2. The highest BCUT2D eigenvalue weighted by Crippen LogP contribution is 2.28. The second-order valence-corrected chi connectivity index (χ2v) is 7.50. The molecule has 0 radical (unpaired) electrons. The zero-order valence-electron chi connectivity index (χ0n) is 15.3. The van der Waals surface area contributed by atoms with E-state index in [0.29, 0.717) is 16.3 Å². The Morgan fingerprint density at radius 2 is 1.82 bits per heavy atom. The predicted octanol–water partition coefficient (Wildman–Crippen LogP) is 3.41. The molecule has 5 nitrogen and oxygen atoms in total. The van der Waals surface area contributed by atoms with Gasteiger partial charge in [-0.05, 0) is 30.0 Å². The number of hydrogen-bond donors (Lipinski definition) is 1. The molecule has 1 aliphatic heterocycles. The van der Waals surface area contributed by atoms with Gasteiger partial charge in [0.25, 0.3) is 5.91 Å². The van der Waals surface area contributed by atoms with Gasteiger partial charge >= 0.3 is 0 Å². The highest BCUT2D eigenvalue weighted by Gasteiger charge is 2.31. The zero-order valence-corrected chi connectivity index (χ0v) is 16.1. The second kappa shape index (κ2) is 7.50. The van der Waals surface area contributed by atoms with Gasteiger partial charge in [0, 0.05) is 11.1 Å². The first kappa shape index (κ1) is 18.3. The highest BCUT2D eigenvalue weighted by molar-refractivity contribution is 7.12. The van der Waals surface area contributed by atoms with Gasteiger partial charge in [0.15, 0.2) is 11.9 Å². The second-order valence-electron chi connectivity index (χ2n) is 6.59. The highest BCUT2D eigenvalue weighted by atomic mass is 32.1.